The zero-order valence-corrected chi connectivity index (χ0v) is 15.5. The molecule has 0 aliphatic carbocycles. The smallest absolute Gasteiger partial charge is 0.224 e. The van der Waals surface area contributed by atoms with E-state index in [4.69, 9.17) is 0 Å². The highest BCUT2D eigenvalue weighted by Crippen LogP contribution is 2.41. The second kappa shape index (κ2) is 6.90. The van der Waals surface area contributed by atoms with Gasteiger partial charge in [-0.1, -0.05) is 48.0 Å². The van der Waals surface area contributed by atoms with Crippen LogP contribution in [-0.4, -0.2) is 36.5 Å². The van der Waals surface area contributed by atoms with Gasteiger partial charge >= 0.3 is 0 Å². The molecule has 3 nitrogen and oxygen atoms in total. The minimum Gasteiger partial charge on any atom is -0.355 e. The molecule has 2 aliphatic heterocycles. The summed E-state index contributed by atoms with van der Waals surface area (Å²) in [6.45, 7) is 17.0. The van der Waals surface area contributed by atoms with E-state index in [1.165, 1.54) is 32.4 Å². The maximum atomic E-state index is 12.4. The van der Waals surface area contributed by atoms with Crippen molar-refractivity contribution in [3.05, 3.63) is 0 Å². The normalized spacial score (nSPS) is 31.8. The first-order valence-electron chi connectivity index (χ1n) is 9.27. The largest absolute Gasteiger partial charge is 0.355 e. The molecule has 3 heteroatoms. The number of nitrogens with zero attached hydrogens (tertiary/aromatic N) is 1. The fraction of sp³-hybridized carbons (Fsp3) is 0.947. The third kappa shape index (κ3) is 3.67. The Kier molecular flexibility index (Phi) is 5.58. The highest BCUT2D eigenvalue weighted by atomic mass is 16.2. The molecule has 0 aromatic heterocycles. The Morgan fingerprint density at radius 1 is 1.32 bits per heavy atom. The van der Waals surface area contributed by atoms with Gasteiger partial charge in [-0.05, 0) is 36.6 Å². The lowest BCUT2D eigenvalue weighted by atomic mass is 9.71. The number of hydrogen-bond acceptors (Lipinski definition) is 2. The summed E-state index contributed by atoms with van der Waals surface area (Å²) in [5.74, 6) is 2.45. The fourth-order valence-electron chi connectivity index (χ4n) is 4.71. The number of hydrogen-bond donors (Lipinski definition) is 1. The first-order valence-corrected chi connectivity index (χ1v) is 9.27. The van der Waals surface area contributed by atoms with Gasteiger partial charge in [0.15, 0.2) is 0 Å². The van der Waals surface area contributed by atoms with Gasteiger partial charge in [-0.2, -0.15) is 0 Å². The van der Waals surface area contributed by atoms with Gasteiger partial charge in [0, 0.05) is 31.0 Å². The topological polar surface area (TPSA) is 32.3 Å². The molecule has 4 atom stereocenters. The van der Waals surface area contributed by atoms with Crippen molar-refractivity contribution in [2.24, 2.45) is 29.1 Å². The zero-order chi connectivity index (χ0) is 16.5. The molecule has 22 heavy (non-hydrogen) atoms. The predicted molar refractivity (Wildman–Crippen MR) is 92.7 cm³/mol. The van der Waals surface area contributed by atoms with Gasteiger partial charge in [-0.25, -0.2) is 0 Å². The van der Waals surface area contributed by atoms with E-state index in [2.05, 4.69) is 51.8 Å². The molecule has 0 aromatic rings. The molecule has 0 aromatic carbocycles. The third-order valence-electron chi connectivity index (χ3n) is 6.00. The third-order valence-corrected chi connectivity index (χ3v) is 6.00. The number of rotatable bonds is 5. The minimum atomic E-state index is 0.0573. The standard InChI is InChI=1S/C19H36N2O/c1-7-14(13(2)3)12-21-10-8-9-16(21)15-11-20-18(22)17(15)19(4,5)6/h13-17H,7-12H2,1-6H3,(H,20,22). The molecule has 2 rings (SSSR count). The Labute approximate surface area is 137 Å². The molecule has 0 spiro atoms. The van der Waals surface area contributed by atoms with Crippen LogP contribution in [0.3, 0.4) is 0 Å². The van der Waals surface area contributed by atoms with Gasteiger partial charge in [-0.15, -0.1) is 0 Å². The van der Waals surface area contributed by atoms with E-state index in [0.717, 1.165) is 18.4 Å². The first-order chi connectivity index (χ1) is 10.3. The van der Waals surface area contributed by atoms with Crippen LogP contribution in [0.15, 0.2) is 0 Å². The van der Waals surface area contributed by atoms with E-state index in [1.54, 1.807) is 0 Å². The number of amides is 1. The summed E-state index contributed by atoms with van der Waals surface area (Å²) in [7, 11) is 0. The summed E-state index contributed by atoms with van der Waals surface area (Å²) in [5, 5.41) is 3.15. The van der Waals surface area contributed by atoms with Crippen molar-refractivity contribution in [2.75, 3.05) is 19.6 Å². The second-order valence-corrected chi connectivity index (χ2v) is 8.87. The number of carbonyl (C=O) groups excluding carboxylic acids is 1. The van der Waals surface area contributed by atoms with Crippen LogP contribution in [-0.2, 0) is 4.79 Å². The summed E-state index contributed by atoms with van der Waals surface area (Å²) in [6.07, 6.45) is 3.81. The summed E-state index contributed by atoms with van der Waals surface area (Å²) in [4.78, 5) is 15.1. The van der Waals surface area contributed by atoms with Gasteiger partial charge in [0.25, 0.3) is 0 Å². The average molecular weight is 309 g/mol. The second-order valence-electron chi connectivity index (χ2n) is 8.87. The molecule has 2 aliphatic rings. The van der Waals surface area contributed by atoms with Crippen LogP contribution >= 0.6 is 0 Å². The lowest BCUT2D eigenvalue weighted by molar-refractivity contribution is -0.126. The molecule has 2 heterocycles. The van der Waals surface area contributed by atoms with Crippen molar-refractivity contribution in [3.63, 3.8) is 0 Å². The van der Waals surface area contributed by atoms with Crippen molar-refractivity contribution in [1.29, 1.82) is 0 Å². The maximum absolute atomic E-state index is 12.4. The molecule has 128 valence electrons. The summed E-state index contributed by atoms with van der Waals surface area (Å²) >= 11 is 0. The van der Waals surface area contributed by atoms with Gasteiger partial charge < -0.3 is 5.32 Å². The Morgan fingerprint density at radius 2 is 2.00 bits per heavy atom. The lowest BCUT2D eigenvalue weighted by Gasteiger charge is -2.38. The minimum absolute atomic E-state index is 0.0573. The van der Waals surface area contributed by atoms with Crippen LogP contribution in [0.1, 0.15) is 60.8 Å². The summed E-state index contributed by atoms with van der Waals surface area (Å²) in [6, 6.07) is 0.593. The zero-order valence-electron chi connectivity index (χ0n) is 15.5. The maximum Gasteiger partial charge on any atom is 0.224 e. The van der Waals surface area contributed by atoms with Crippen molar-refractivity contribution >= 4 is 5.91 Å². The summed E-state index contributed by atoms with van der Waals surface area (Å²) in [5.41, 5.74) is 0.0573. The SMILES string of the molecule is CCC(CN1CCCC1C1CNC(=O)C1C(C)(C)C)C(C)C. The summed E-state index contributed by atoms with van der Waals surface area (Å²) < 4.78 is 0. The highest BCUT2D eigenvalue weighted by Gasteiger charge is 2.48. The van der Waals surface area contributed by atoms with Gasteiger partial charge in [0.1, 0.15) is 0 Å². The van der Waals surface area contributed by atoms with Crippen LogP contribution in [0.4, 0.5) is 0 Å². The monoisotopic (exact) mass is 308 g/mol. The Balaban J connectivity index is 2.11. The molecule has 0 saturated carbocycles. The van der Waals surface area contributed by atoms with E-state index in [0.29, 0.717) is 12.0 Å². The average Bonchev–Trinajstić information content (AvgIpc) is 3.00. The Hall–Kier alpha value is -0.570. The molecule has 2 saturated heterocycles. The van der Waals surface area contributed by atoms with Gasteiger partial charge in [0.05, 0.1) is 0 Å². The molecular weight excluding hydrogens is 272 g/mol. The van der Waals surface area contributed by atoms with Crippen molar-refractivity contribution < 1.29 is 4.79 Å². The van der Waals surface area contributed by atoms with Crippen LogP contribution in [0.2, 0.25) is 0 Å². The molecule has 4 unspecified atom stereocenters. The van der Waals surface area contributed by atoms with Crippen LogP contribution < -0.4 is 5.32 Å². The quantitative estimate of drug-likeness (QED) is 0.842. The van der Waals surface area contributed by atoms with E-state index in [9.17, 15) is 4.79 Å². The van der Waals surface area contributed by atoms with E-state index >= 15 is 0 Å². The predicted octanol–water partition coefficient (Wildman–Crippen LogP) is 3.54. The van der Waals surface area contributed by atoms with Gasteiger partial charge in [-0.3, -0.25) is 9.69 Å². The Morgan fingerprint density at radius 3 is 2.55 bits per heavy atom. The lowest BCUT2D eigenvalue weighted by Crippen LogP contribution is -2.45. The van der Waals surface area contributed by atoms with E-state index in [1.807, 2.05) is 0 Å². The van der Waals surface area contributed by atoms with Gasteiger partial charge in [0.2, 0.25) is 5.91 Å². The first kappa shape index (κ1) is 17.8. The number of nitrogens with one attached hydrogen (secondary N) is 1. The van der Waals surface area contributed by atoms with Crippen molar-refractivity contribution in [2.45, 2.75) is 66.8 Å². The Bertz CT molecular complexity index is 385. The van der Waals surface area contributed by atoms with Crippen molar-refractivity contribution in [1.82, 2.24) is 10.2 Å². The number of carbonyl (C=O) groups is 1. The van der Waals surface area contributed by atoms with E-state index < -0.39 is 0 Å². The van der Waals surface area contributed by atoms with Crippen LogP contribution in [0, 0.1) is 29.1 Å². The number of likely N-dealkylation sites (tertiary alicyclic amines) is 1. The molecular formula is C19H36N2O. The highest BCUT2D eigenvalue weighted by molar-refractivity contribution is 5.82. The molecule has 2 fully saturated rings. The molecule has 1 N–H and O–H groups in total. The van der Waals surface area contributed by atoms with Crippen LogP contribution in [0.5, 0.6) is 0 Å². The van der Waals surface area contributed by atoms with Crippen molar-refractivity contribution in [3.8, 4) is 0 Å². The van der Waals surface area contributed by atoms with Crippen LogP contribution in [0.25, 0.3) is 0 Å². The molecule has 0 bridgehead atoms. The molecule has 0 radical (unpaired) electrons. The van der Waals surface area contributed by atoms with E-state index in [-0.39, 0.29) is 17.2 Å². The molecule has 1 amide bonds. The fourth-order valence-corrected chi connectivity index (χ4v) is 4.71.